The van der Waals surface area contributed by atoms with Gasteiger partial charge in [0.1, 0.15) is 10.7 Å². The van der Waals surface area contributed by atoms with Gasteiger partial charge in [-0.3, -0.25) is 4.79 Å². The van der Waals surface area contributed by atoms with E-state index in [1.54, 1.807) is 36.7 Å². The van der Waals surface area contributed by atoms with Gasteiger partial charge in [-0.2, -0.15) is 0 Å². The topological polar surface area (TPSA) is 59.4 Å². The van der Waals surface area contributed by atoms with Crippen LogP contribution in [0.15, 0.2) is 51.1 Å². The molecule has 2 heterocycles. The molecule has 164 valence electrons. The number of benzene rings is 2. The van der Waals surface area contributed by atoms with Gasteiger partial charge in [-0.25, -0.2) is 12.8 Å². The summed E-state index contributed by atoms with van der Waals surface area (Å²) in [5.74, 6) is -0.493. The number of hydrogen-bond donors (Lipinski definition) is 0. The van der Waals surface area contributed by atoms with Gasteiger partial charge in [0.2, 0.25) is 15.3 Å². The molecular formula is C24H27FN2O3S. The maximum atomic E-state index is 15.1. The molecule has 0 radical (unpaired) electrons. The first-order valence-electron chi connectivity index (χ1n) is 10.6. The van der Waals surface area contributed by atoms with E-state index in [2.05, 4.69) is 0 Å². The van der Waals surface area contributed by atoms with Gasteiger partial charge in [0, 0.05) is 26.3 Å². The van der Waals surface area contributed by atoms with Crippen molar-refractivity contribution in [2.45, 2.75) is 49.3 Å². The van der Waals surface area contributed by atoms with Crippen LogP contribution in [0.4, 0.5) is 10.1 Å². The molecule has 4 rings (SSSR count). The largest absolute Gasteiger partial charge is 0.369 e. The number of rotatable bonds is 3. The van der Waals surface area contributed by atoms with Crippen LogP contribution in [0.5, 0.6) is 0 Å². The Morgan fingerprint density at radius 2 is 1.61 bits per heavy atom. The molecule has 0 saturated carbocycles. The second-order valence-corrected chi connectivity index (χ2v) is 10.3. The highest BCUT2D eigenvalue weighted by atomic mass is 32.2. The molecule has 1 saturated heterocycles. The highest BCUT2D eigenvalue weighted by Gasteiger charge is 2.26. The normalized spacial score (nSPS) is 15.3. The lowest BCUT2D eigenvalue weighted by Gasteiger charge is -2.24. The van der Waals surface area contributed by atoms with E-state index in [0.717, 1.165) is 44.3 Å². The van der Waals surface area contributed by atoms with Gasteiger partial charge in [-0.05, 0) is 50.5 Å². The Labute approximate surface area is 182 Å². The zero-order chi connectivity index (χ0) is 22.3. The van der Waals surface area contributed by atoms with Crippen molar-refractivity contribution in [3.63, 3.8) is 0 Å². The van der Waals surface area contributed by atoms with E-state index in [1.807, 2.05) is 11.8 Å². The SMILES string of the molecule is Cc1ccc(S(=O)(=O)c2cn(C)c3cc(N4CCCCCC4)c(F)cc3c2=O)c(C)c1. The Balaban J connectivity index is 1.89. The van der Waals surface area contributed by atoms with E-state index >= 15 is 4.39 Å². The smallest absolute Gasteiger partial charge is 0.212 e. The second-order valence-electron chi connectivity index (χ2n) is 8.43. The van der Waals surface area contributed by atoms with Crippen LogP contribution in [0.25, 0.3) is 10.9 Å². The van der Waals surface area contributed by atoms with Crippen molar-refractivity contribution in [2.24, 2.45) is 7.05 Å². The summed E-state index contributed by atoms with van der Waals surface area (Å²) in [4.78, 5) is 15.0. The Kier molecular flexibility index (Phi) is 5.64. The molecule has 2 aromatic carbocycles. The van der Waals surface area contributed by atoms with Gasteiger partial charge >= 0.3 is 0 Å². The number of pyridine rings is 1. The lowest BCUT2D eigenvalue weighted by Crippen LogP contribution is -2.25. The van der Waals surface area contributed by atoms with Gasteiger partial charge in [0.15, 0.2) is 0 Å². The Bertz CT molecular complexity index is 1320. The highest BCUT2D eigenvalue weighted by Crippen LogP contribution is 2.29. The van der Waals surface area contributed by atoms with Crippen LogP contribution >= 0.6 is 0 Å². The fourth-order valence-corrected chi connectivity index (χ4v) is 6.04. The Morgan fingerprint density at radius 3 is 2.26 bits per heavy atom. The minimum absolute atomic E-state index is 0.0735. The summed E-state index contributed by atoms with van der Waals surface area (Å²) in [6.07, 6.45) is 5.62. The molecule has 0 N–H and O–H groups in total. The summed E-state index contributed by atoms with van der Waals surface area (Å²) < 4.78 is 43.3. The van der Waals surface area contributed by atoms with Crippen molar-refractivity contribution >= 4 is 26.4 Å². The van der Waals surface area contributed by atoms with Crippen molar-refractivity contribution in [3.8, 4) is 0 Å². The molecule has 1 fully saturated rings. The molecule has 7 heteroatoms. The molecule has 5 nitrogen and oxygen atoms in total. The summed E-state index contributed by atoms with van der Waals surface area (Å²) in [7, 11) is -2.36. The minimum Gasteiger partial charge on any atom is -0.369 e. The lowest BCUT2D eigenvalue weighted by molar-refractivity contribution is 0.593. The molecule has 1 aromatic heterocycles. The van der Waals surface area contributed by atoms with E-state index in [0.29, 0.717) is 16.8 Å². The summed E-state index contributed by atoms with van der Waals surface area (Å²) in [5, 5.41) is 0.0735. The summed E-state index contributed by atoms with van der Waals surface area (Å²) in [5.41, 5.74) is 1.82. The van der Waals surface area contributed by atoms with Gasteiger partial charge in [-0.15, -0.1) is 0 Å². The molecule has 0 spiro atoms. The van der Waals surface area contributed by atoms with Crippen LogP contribution in [-0.2, 0) is 16.9 Å². The van der Waals surface area contributed by atoms with Crippen molar-refractivity contribution < 1.29 is 12.8 Å². The molecule has 0 amide bonds. The highest BCUT2D eigenvalue weighted by molar-refractivity contribution is 7.91. The number of nitrogens with zero attached hydrogens (tertiary/aromatic N) is 2. The maximum absolute atomic E-state index is 15.1. The number of anilines is 1. The Hall–Kier alpha value is -2.67. The lowest BCUT2D eigenvalue weighted by atomic mass is 10.1. The predicted molar refractivity (Wildman–Crippen MR) is 121 cm³/mol. The van der Waals surface area contributed by atoms with E-state index in [9.17, 15) is 13.2 Å². The number of fused-ring (bicyclic) bond motifs is 1. The third-order valence-electron chi connectivity index (χ3n) is 6.08. The molecule has 1 aliphatic heterocycles. The average Bonchev–Trinajstić information content (AvgIpc) is 2.99. The molecule has 31 heavy (non-hydrogen) atoms. The first kappa shape index (κ1) is 21.6. The summed E-state index contributed by atoms with van der Waals surface area (Å²) >= 11 is 0. The van der Waals surface area contributed by atoms with Gasteiger partial charge in [-0.1, -0.05) is 30.5 Å². The number of sulfone groups is 1. The Morgan fingerprint density at radius 1 is 0.935 bits per heavy atom. The van der Waals surface area contributed by atoms with Crippen LogP contribution < -0.4 is 10.3 Å². The van der Waals surface area contributed by atoms with Crippen LogP contribution in [0.3, 0.4) is 0 Å². The quantitative estimate of drug-likeness (QED) is 0.599. The van der Waals surface area contributed by atoms with Crippen molar-refractivity contribution in [3.05, 3.63) is 63.7 Å². The van der Waals surface area contributed by atoms with Crippen LogP contribution in [0.1, 0.15) is 36.8 Å². The molecule has 0 bridgehead atoms. The number of aromatic nitrogens is 1. The van der Waals surface area contributed by atoms with E-state index in [-0.39, 0.29) is 15.2 Å². The standard InChI is InChI=1S/C24H27FN2O3S/c1-16-8-9-22(17(2)12-16)31(29,30)23-15-26(3)20-14-21(19(25)13-18(20)24(23)28)27-10-6-4-5-7-11-27/h8-9,12-15H,4-7,10-11H2,1-3H3. The second kappa shape index (κ2) is 8.11. The zero-order valence-corrected chi connectivity index (χ0v) is 18.9. The van der Waals surface area contributed by atoms with Gasteiger partial charge < -0.3 is 9.47 Å². The number of halogens is 1. The van der Waals surface area contributed by atoms with E-state index in [4.69, 9.17) is 0 Å². The third-order valence-corrected chi connectivity index (χ3v) is 7.99. The van der Waals surface area contributed by atoms with Crippen molar-refractivity contribution in [2.75, 3.05) is 18.0 Å². The first-order valence-corrected chi connectivity index (χ1v) is 12.1. The molecule has 0 atom stereocenters. The molecule has 0 aliphatic carbocycles. The van der Waals surface area contributed by atoms with Gasteiger partial charge in [0.25, 0.3) is 0 Å². The van der Waals surface area contributed by atoms with E-state index in [1.165, 1.54) is 18.3 Å². The molecule has 1 aliphatic rings. The monoisotopic (exact) mass is 442 g/mol. The number of hydrogen-bond acceptors (Lipinski definition) is 4. The van der Waals surface area contributed by atoms with Crippen LogP contribution in [-0.4, -0.2) is 26.1 Å². The van der Waals surface area contributed by atoms with Crippen molar-refractivity contribution in [1.82, 2.24) is 4.57 Å². The van der Waals surface area contributed by atoms with E-state index < -0.39 is 21.1 Å². The predicted octanol–water partition coefficient (Wildman–Crippen LogP) is 4.51. The maximum Gasteiger partial charge on any atom is 0.212 e. The zero-order valence-electron chi connectivity index (χ0n) is 18.1. The molecule has 3 aromatic rings. The first-order chi connectivity index (χ1) is 14.7. The van der Waals surface area contributed by atoms with Crippen LogP contribution in [0.2, 0.25) is 0 Å². The number of aryl methyl sites for hydroxylation is 3. The third kappa shape index (κ3) is 3.87. The summed E-state index contributed by atoms with van der Waals surface area (Å²) in [6.45, 7) is 5.13. The fraction of sp³-hybridized carbons (Fsp3) is 0.375. The summed E-state index contributed by atoms with van der Waals surface area (Å²) in [6, 6.07) is 7.86. The van der Waals surface area contributed by atoms with Gasteiger partial charge in [0.05, 0.1) is 21.5 Å². The van der Waals surface area contributed by atoms with Crippen LogP contribution in [0, 0.1) is 19.7 Å². The fourth-order valence-electron chi connectivity index (χ4n) is 4.43. The average molecular weight is 443 g/mol. The molecular weight excluding hydrogens is 415 g/mol. The van der Waals surface area contributed by atoms with Crippen molar-refractivity contribution in [1.29, 1.82) is 0 Å². The minimum atomic E-state index is -4.05. The molecule has 0 unspecified atom stereocenters.